The van der Waals surface area contributed by atoms with Gasteiger partial charge in [-0.1, -0.05) is 26.2 Å². The van der Waals surface area contributed by atoms with Gasteiger partial charge < -0.3 is 5.32 Å². The molecule has 3 fully saturated rings. The number of nitrogens with one attached hydrogen (secondary N) is 1. The van der Waals surface area contributed by atoms with E-state index in [1.807, 2.05) is 0 Å². The fourth-order valence-corrected chi connectivity index (χ4v) is 5.83. The molecule has 1 saturated carbocycles. The third-order valence-corrected chi connectivity index (χ3v) is 7.14. The average molecular weight is 311 g/mol. The lowest BCUT2D eigenvalue weighted by Gasteiger charge is -2.45. The van der Waals surface area contributed by atoms with Crippen LogP contribution in [0.15, 0.2) is 0 Å². The first-order valence-corrected chi connectivity index (χ1v) is 10.6. The highest BCUT2D eigenvalue weighted by Gasteiger charge is 2.33. The Balaban J connectivity index is 1.55. The standard InChI is InChI=1S/C18H34N2S/c1-2-17-12-19-18(16-6-4-3-5-7-16)14-20(17)13-15-8-10-21-11-9-15/h15-19H,2-14H2,1H3. The van der Waals surface area contributed by atoms with E-state index in [-0.39, 0.29) is 0 Å². The molecule has 2 saturated heterocycles. The Hall–Kier alpha value is 0.270. The second-order valence-corrected chi connectivity index (χ2v) is 8.71. The lowest BCUT2D eigenvalue weighted by Crippen LogP contribution is -2.59. The SMILES string of the molecule is CCC1CNC(C2CCCCC2)CN1CC1CCSCC1. The number of hydrogen-bond acceptors (Lipinski definition) is 3. The monoisotopic (exact) mass is 310 g/mol. The van der Waals surface area contributed by atoms with Crippen molar-refractivity contribution in [3.63, 3.8) is 0 Å². The first-order chi connectivity index (χ1) is 10.4. The highest BCUT2D eigenvalue weighted by atomic mass is 32.2. The van der Waals surface area contributed by atoms with Crippen LogP contribution in [0.4, 0.5) is 0 Å². The topological polar surface area (TPSA) is 15.3 Å². The predicted octanol–water partition coefficient (Wildman–Crippen LogP) is 3.76. The highest BCUT2D eigenvalue weighted by Crippen LogP contribution is 2.30. The molecule has 2 nitrogen and oxygen atoms in total. The average Bonchev–Trinajstić information content (AvgIpc) is 2.56. The Labute approximate surface area is 135 Å². The maximum Gasteiger partial charge on any atom is 0.0224 e. The molecular weight excluding hydrogens is 276 g/mol. The van der Waals surface area contributed by atoms with Crippen LogP contribution in [0, 0.1) is 11.8 Å². The zero-order valence-corrected chi connectivity index (χ0v) is 14.7. The maximum absolute atomic E-state index is 3.91. The van der Waals surface area contributed by atoms with Crippen LogP contribution in [-0.4, -0.2) is 48.1 Å². The summed E-state index contributed by atoms with van der Waals surface area (Å²) >= 11 is 2.16. The fraction of sp³-hybridized carbons (Fsp3) is 1.00. The Bertz CT molecular complexity index is 298. The van der Waals surface area contributed by atoms with Crippen molar-refractivity contribution in [2.75, 3.05) is 31.1 Å². The zero-order chi connectivity index (χ0) is 14.5. The van der Waals surface area contributed by atoms with Crippen molar-refractivity contribution in [3.8, 4) is 0 Å². The van der Waals surface area contributed by atoms with Gasteiger partial charge in [-0.25, -0.2) is 0 Å². The van der Waals surface area contributed by atoms with Crippen molar-refractivity contribution in [1.29, 1.82) is 0 Å². The molecule has 122 valence electrons. The van der Waals surface area contributed by atoms with E-state index in [4.69, 9.17) is 0 Å². The van der Waals surface area contributed by atoms with Crippen molar-refractivity contribution in [3.05, 3.63) is 0 Å². The van der Waals surface area contributed by atoms with Crippen LogP contribution in [0.1, 0.15) is 58.3 Å². The van der Waals surface area contributed by atoms with Crippen molar-refractivity contribution >= 4 is 11.8 Å². The summed E-state index contributed by atoms with van der Waals surface area (Å²) in [6.45, 7) is 6.31. The number of rotatable bonds is 4. The quantitative estimate of drug-likeness (QED) is 0.851. The smallest absolute Gasteiger partial charge is 0.0224 e. The molecule has 0 bridgehead atoms. The van der Waals surface area contributed by atoms with E-state index >= 15 is 0 Å². The van der Waals surface area contributed by atoms with E-state index in [0.717, 1.165) is 23.9 Å². The fourth-order valence-electron chi connectivity index (χ4n) is 4.62. The van der Waals surface area contributed by atoms with Crippen molar-refractivity contribution in [1.82, 2.24) is 10.2 Å². The molecular formula is C18H34N2S. The van der Waals surface area contributed by atoms with Crippen molar-refractivity contribution < 1.29 is 0 Å². The van der Waals surface area contributed by atoms with Gasteiger partial charge in [0.05, 0.1) is 0 Å². The molecule has 0 aromatic carbocycles. The second-order valence-electron chi connectivity index (χ2n) is 7.48. The van der Waals surface area contributed by atoms with Crippen LogP contribution in [-0.2, 0) is 0 Å². The molecule has 1 N–H and O–H groups in total. The summed E-state index contributed by atoms with van der Waals surface area (Å²) in [6, 6.07) is 1.57. The molecule has 0 radical (unpaired) electrons. The molecule has 3 heteroatoms. The molecule has 2 heterocycles. The minimum Gasteiger partial charge on any atom is -0.311 e. The lowest BCUT2D eigenvalue weighted by atomic mass is 9.82. The summed E-state index contributed by atoms with van der Waals surface area (Å²) in [5.74, 6) is 4.74. The summed E-state index contributed by atoms with van der Waals surface area (Å²) in [6.07, 6.45) is 11.6. The van der Waals surface area contributed by atoms with Crippen LogP contribution in [0.25, 0.3) is 0 Å². The number of thioether (sulfide) groups is 1. The number of hydrogen-bond donors (Lipinski definition) is 1. The molecule has 21 heavy (non-hydrogen) atoms. The van der Waals surface area contributed by atoms with Crippen LogP contribution in [0.5, 0.6) is 0 Å². The first-order valence-electron chi connectivity index (χ1n) is 9.42. The minimum atomic E-state index is 0.783. The van der Waals surface area contributed by atoms with Crippen LogP contribution < -0.4 is 5.32 Å². The van der Waals surface area contributed by atoms with E-state index in [2.05, 4.69) is 28.9 Å². The zero-order valence-electron chi connectivity index (χ0n) is 13.9. The van der Waals surface area contributed by atoms with E-state index in [9.17, 15) is 0 Å². The minimum absolute atomic E-state index is 0.783. The van der Waals surface area contributed by atoms with E-state index in [0.29, 0.717) is 0 Å². The Kier molecular flexibility index (Phi) is 6.31. The normalized spacial score (nSPS) is 34.1. The molecule has 0 amide bonds. The molecule has 3 rings (SSSR count). The third-order valence-electron chi connectivity index (χ3n) is 6.09. The molecule has 2 aliphatic heterocycles. The van der Waals surface area contributed by atoms with Gasteiger partial charge in [-0.15, -0.1) is 0 Å². The van der Waals surface area contributed by atoms with Gasteiger partial charge in [-0.3, -0.25) is 4.90 Å². The molecule has 0 spiro atoms. The molecule has 3 aliphatic rings. The van der Waals surface area contributed by atoms with Gasteiger partial charge in [-0.2, -0.15) is 11.8 Å². The van der Waals surface area contributed by atoms with E-state index < -0.39 is 0 Å². The van der Waals surface area contributed by atoms with Gasteiger partial charge in [0.1, 0.15) is 0 Å². The van der Waals surface area contributed by atoms with Gasteiger partial charge in [-0.05, 0) is 55.4 Å². The summed E-state index contributed by atoms with van der Waals surface area (Å²) in [5.41, 5.74) is 0. The van der Waals surface area contributed by atoms with Crippen LogP contribution in [0.3, 0.4) is 0 Å². The molecule has 1 aliphatic carbocycles. The number of nitrogens with zero attached hydrogens (tertiary/aromatic N) is 1. The summed E-state index contributed by atoms with van der Waals surface area (Å²) in [7, 11) is 0. The molecule has 0 aromatic rings. The van der Waals surface area contributed by atoms with Crippen molar-refractivity contribution in [2.24, 2.45) is 11.8 Å². The van der Waals surface area contributed by atoms with Gasteiger partial charge in [0.15, 0.2) is 0 Å². The van der Waals surface area contributed by atoms with Gasteiger partial charge in [0.25, 0.3) is 0 Å². The third kappa shape index (κ3) is 4.39. The molecule has 0 aromatic heterocycles. The van der Waals surface area contributed by atoms with Gasteiger partial charge in [0, 0.05) is 31.7 Å². The lowest BCUT2D eigenvalue weighted by molar-refractivity contribution is 0.0775. The number of piperazine rings is 1. The van der Waals surface area contributed by atoms with Crippen LogP contribution in [0.2, 0.25) is 0 Å². The summed E-state index contributed by atoms with van der Waals surface area (Å²) in [4.78, 5) is 2.87. The second kappa shape index (κ2) is 8.21. The molecule has 2 atom stereocenters. The van der Waals surface area contributed by atoms with E-state index in [1.54, 1.807) is 0 Å². The van der Waals surface area contributed by atoms with Gasteiger partial charge >= 0.3 is 0 Å². The van der Waals surface area contributed by atoms with Gasteiger partial charge in [0.2, 0.25) is 0 Å². The van der Waals surface area contributed by atoms with Crippen molar-refractivity contribution in [2.45, 2.75) is 70.4 Å². The Morgan fingerprint density at radius 2 is 1.81 bits per heavy atom. The maximum atomic E-state index is 3.91. The first kappa shape index (κ1) is 16.1. The highest BCUT2D eigenvalue weighted by molar-refractivity contribution is 7.99. The predicted molar refractivity (Wildman–Crippen MR) is 94.1 cm³/mol. The van der Waals surface area contributed by atoms with Crippen LogP contribution >= 0.6 is 11.8 Å². The summed E-state index contributed by atoms with van der Waals surface area (Å²) < 4.78 is 0. The largest absolute Gasteiger partial charge is 0.311 e. The Morgan fingerprint density at radius 1 is 1.05 bits per heavy atom. The van der Waals surface area contributed by atoms with E-state index in [1.165, 1.54) is 82.5 Å². The Morgan fingerprint density at radius 3 is 2.52 bits per heavy atom. The molecule has 2 unspecified atom stereocenters. The summed E-state index contributed by atoms with van der Waals surface area (Å²) in [5, 5.41) is 3.91.